The summed E-state index contributed by atoms with van der Waals surface area (Å²) < 4.78 is 42.0. The lowest BCUT2D eigenvalue weighted by molar-refractivity contribution is -0.274. The number of alkyl halides is 3. The van der Waals surface area contributed by atoms with Crippen molar-refractivity contribution in [3.63, 3.8) is 0 Å². The summed E-state index contributed by atoms with van der Waals surface area (Å²) in [5.41, 5.74) is 2.21. The number of hydrogen-bond acceptors (Lipinski definition) is 4. The van der Waals surface area contributed by atoms with Gasteiger partial charge in [0.15, 0.2) is 0 Å². The average molecular weight is 512 g/mol. The fourth-order valence-electron chi connectivity index (χ4n) is 4.00. The maximum absolute atomic E-state index is 12.8. The van der Waals surface area contributed by atoms with E-state index in [4.69, 9.17) is 0 Å². The number of rotatable bonds is 6. The van der Waals surface area contributed by atoms with Crippen molar-refractivity contribution in [2.75, 3.05) is 32.7 Å². The van der Waals surface area contributed by atoms with Crippen LogP contribution in [0.15, 0.2) is 78.9 Å². The van der Waals surface area contributed by atoms with Crippen LogP contribution in [-0.4, -0.2) is 66.6 Å². The molecule has 1 fully saturated rings. The fourth-order valence-corrected chi connectivity index (χ4v) is 4.00. The van der Waals surface area contributed by atoms with Crippen LogP contribution in [0.5, 0.6) is 5.75 Å². The van der Waals surface area contributed by atoms with Gasteiger partial charge in [0, 0.05) is 31.7 Å². The first kappa shape index (κ1) is 25.7. The van der Waals surface area contributed by atoms with Gasteiger partial charge in [-0.3, -0.25) is 14.4 Å². The molecule has 0 saturated carbocycles. The van der Waals surface area contributed by atoms with Crippen molar-refractivity contribution in [3.8, 4) is 16.9 Å². The molecule has 0 bridgehead atoms. The molecule has 37 heavy (non-hydrogen) atoms. The highest BCUT2D eigenvalue weighted by molar-refractivity contribution is 5.98. The Balaban J connectivity index is 1.27. The van der Waals surface area contributed by atoms with Crippen LogP contribution in [0.3, 0.4) is 0 Å². The molecule has 1 heterocycles. The minimum Gasteiger partial charge on any atom is -0.405 e. The van der Waals surface area contributed by atoms with Gasteiger partial charge in [-0.25, -0.2) is 0 Å². The quantitative estimate of drug-likeness (QED) is 0.544. The highest BCUT2D eigenvalue weighted by Gasteiger charge is 2.34. The number of hydrogen-bond donors (Lipinski definition) is 1. The second-order valence-corrected chi connectivity index (χ2v) is 8.34. The Kier molecular flexibility index (Phi) is 7.76. The van der Waals surface area contributed by atoms with Crippen LogP contribution in [0.25, 0.3) is 11.1 Å². The molecule has 10 heteroatoms. The summed E-state index contributed by atoms with van der Waals surface area (Å²) >= 11 is 0. The van der Waals surface area contributed by atoms with Crippen molar-refractivity contribution < 1.29 is 32.3 Å². The van der Waals surface area contributed by atoms with Gasteiger partial charge in [0.1, 0.15) is 5.75 Å². The second kappa shape index (κ2) is 11.2. The van der Waals surface area contributed by atoms with E-state index in [-0.39, 0.29) is 50.1 Å². The zero-order chi connectivity index (χ0) is 26.4. The zero-order valence-corrected chi connectivity index (χ0v) is 19.7. The molecular weight excluding hydrogens is 487 g/mol. The van der Waals surface area contributed by atoms with Gasteiger partial charge in [0.25, 0.3) is 11.8 Å². The summed E-state index contributed by atoms with van der Waals surface area (Å²) in [6, 6.07) is 21.9. The average Bonchev–Trinajstić information content (AvgIpc) is 2.91. The van der Waals surface area contributed by atoms with E-state index in [1.165, 1.54) is 28.0 Å². The van der Waals surface area contributed by atoms with Gasteiger partial charge < -0.3 is 19.9 Å². The molecule has 0 aliphatic carbocycles. The minimum atomic E-state index is -4.92. The van der Waals surface area contributed by atoms with Crippen molar-refractivity contribution >= 4 is 17.7 Å². The van der Waals surface area contributed by atoms with Gasteiger partial charge in [-0.05, 0) is 35.4 Å². The molecule has 0 radical (unpaired) electrons. The summed E-state index contributed by atoms with van der Waals surface area (Å²) in [5, 5.41) is 2.61. The van der Waals surface area contributed by atoms with Crippen LogP contribution in [-0.2, 0) is 4.79 Å². The summed E-state index contributed by atoms with van der Waals surface area (Å²) in [6.07, 6.45) is -4.92. The standard InChI is InChI=1S/C27H24F3N3O4/c28-27(29,30)37-23-9-5-4-8-22(23)26(36)33-16-14-32(15-17-33)24(34)18-31-25(35)21-12-10-20(11-13-21)19-6-2-1-3-7-19/h1-13H,14-18H2,(H,31,35). The molecule has 3 aromatic rings. The number of amides is 3. The topological polar surface area (TPSA) is 79.0 Å². The molecule has 3 amide bonds. The number of benzene rings is 3. The first-order valence-corrected chi connectivity index (χ1v) is 11.6. The molecule has 3 aromatic carbocycles. The lowest BCUT2D eigenvalue weighted by Gasteiger charge is -2.35. The molecule has 192 valence electrons. The van der Waals surface area contributed by atoms with Crippen LogP contribution in [0.1, 0.15) is 20.7 Å². The van der Waals surface area contributed by atoms with E-state index in [0.717, 1.165) is 17.2 Å². The third-order valence-corrected chi connectivity index (χ3v) is 5.92. The molecule has 1 N–H and O–H groups in total. The number of nitrogens with one attached hydrogen (secondary N) is 1. The highest BCUT2D eigenvalue weighted by atomic mass is 19.4. The van der Waals surface area contributed by atoms with Crippen molar-refractivity contribution in [1.29, 1.82) is 0 Å². The van der Waals surface area contributed by atoms with E-state index in [2.05, 4.69) is 10.1 Å². The third kappa shape index (κ3) is 6.66. The lowest BCUT2D eigenvalue weighted by Crippen LogP contribution is -2.52. The van der Waals surface area contributed by atoms with Gasteiger partial charge >= 0.3 is 6.36 Å². The smallest absolute Gasteiger partial charge is 0.405 e. The predicted octanol–water partition coefficient (Wildman–Crippen LogP) is 3.97. The minimum absolute atomic E-state index is 0.139. The Hall–Kier alpha value is -4.34. The van der Waals surface area contributed by atoms with Crippen LogP contribution < -0.4 is 10.1 Å². The number of ether oxygens (including phenoxy) is 1. The summed E-state index contributed by atoms with van der Waals surface area (Å²) in [7, 11) is 0. The van der Waals surface area contributed by atoms with E-state index in [9.17, 15) is 27.6 Å². The second-order valence-electron chi connectivity index (χ2n) is 8.34. The molecule has 1 saturated heterocycles. The Morgan fingerprint density at radius 2 is 1.32 bits per heavy atom. The molecule has 0 aromatic heterocycles. The lowest BCUT2D eigenvalue weighted by atomic mass is 10.0. The Bertz CT molecular complexity index is 1260. The number of piperazine rings is 1. The van der Waals surface area contributed by atoms with Crippen molar-refractivity contribution in [2.24, 2.45) is 0 Å². The number of carbonyl (C=O) groups is 3. The number of halogens is 3. The Morgan fingerprint density at radius 1 is 0.757 bits per heavy atom. The largest absolute Gasteiger partial charge is 0.573 e. The van der Waals surface area contributed by atoms with E-state index in [0.29, 0.717) is 5.56 Å². The van der Waals surface area contributed by atoms with Crippen LogP contribution in [0, 0.1) is 0 Å². The van der Waals surface area contributed by atoms with Gasteiger partial charge in [-0.15, -0.1) is 13.2 Å². The first-order valence-electron chi connectivity index (χ1n) is 11.6. The van der Waals surface area contributed by atoms with E-state index in [1.807, 2.05) is 42.5 Å². The van der Waals surface area contributed by atoms with E-state index < -0.39 is 18.0 Å². The van der Waals surface area contributed by atoms with Crippen molar-refractivity contribution in [3.05, 3.63) is 90.0 Å². The van der Waals surface area contributed by atoms with Gasteiger partial charge in [-0.1, -0.05) is 54.6 Å². The zero-order valence-electron chi connectivity index (χ0n) is 19.7. The normalized spacial score (nSPS) is 13.7. The maximum atomic E-state index is 12.8. The number of para-hydroxylation sites is 1. The first-order chi connectivity index (χ1) is 17.7. The monoisotopic (exact) mass is 511 g/mol. The van der Waals surface area contributed by atoms with Gasteiger partial charge in [-0.2, -0.15) is 0 Å². The molecule has 0 atom stereocenters. The Morgan fingerprint density at radius 3 is 1.97 bits per heavy atom. The summed E-state index contributed by atoms with van der Waals surface area (Å²) in [6.45, 7) is 0.443. The predicted molar refractivity (Wildman–Crippen MR) is 130 cm³/mol. The molecule has 1 aliphatic heterocycles. The van der Waals surface area contributed by atoms with E-state index >= 15 is 0 Å². The van der Waals surface area contributed by atoms with E-state index in [1.54, 1.807) is 12.1 Å². The van der Waals surface area contributed by atoms with Crippen molar-refractivity contribution in [1.82, 2.24) is 15.1 Å². The summed E-state index contributed by atoms with van der Waals surface area (Å²) in [4.78, 5) is 40.7. The van der Waals surface area contributed by atoms with Gasteiger partial charge in [0.2, 0.25) is 5.91 Å². The maximum Gasteiger partial charge on any atom is 0.573 e. The number of carbonyl (C=O) groups excluding carboxylic acids is 3. The fraction of sp³-hybridized carbons (Fsp3) is 0.222. The molecular formula is C27H24F3N3O4. The molecule has 4 rings (SSSR count). The Labute approximate surface area is 211 Å². The van der Waals surface area contributed by atoms with Crippen molar-refractivity contribution in [2.45, 2.75) is 6.36 Å². The van der Waals surface area contributed by atoms with Crippen LogP contribution in [0.2, 0.25) is 0 Å². The SMILES string of the molecule is O=C(NCC(=O)N1CCN(C(=O)c2ccccc2OC(F)(F)F)CC1)c1ccc(-c2ccccc2)cc1. The highest BCUT2D eigenvalue weighted by Crippen LogP contribution is 2.27. The molecule has 7 nitrogen and oxygen atoms in total. The molecule has 0 unspecified atom stereocenters. The molecule has 1 aliphatic rings. The summed E-state index contributed by atoms with van der Waals surface area (Å²) in [5.74, 6) is -1.89. The van der Waals surface area contributed by atoms with Gasteiger partial charge in [0.05, 0.1) is 12.1 Å². The molecule has 0 spiro atoms. The van der Waals surface area contributed by atoms with Crippen LogP contribution >= 0.6 is 0 Å². The van der Waals surface area contributed by atoms with Crippen LogP contribution in [0.4, 0.5) is 13.2 Å². The third-order valence-electron chi connectivity index (χ3n) is 5.92. The number of nitrogens with zero attached hydrogens (tertiary/aromatic N) is 2.